The molecule has 0 aliphatic carbocycles. The first-order chi connectivity index (χ1) is 14.3. The van der Waals surface area contributed by atoms with Crippen molar-refractivity contribution < 1.29 is 14.4 Å². The summed E-state index contributed by atoms with van der Waals surface area (Å²) < 4.78 is 0. The van der Waals surface area contributed by atoms with E-state index >= 15 is 0 Å². The van der Waals surface area contributed by atoms with Crippen molar-refractivity contribution in [3.05, 3.63) is 65.7 Å². The third kappa shape index (κ3) is 6.72. The third-order valence-corrected chi connectivity index (χ3v) is 4.71. The molecular weight excluding hydrogens is 378 g/mol. The first kappa shape index (κ1) is 23.1. The quantitative estimate of drug-likeness (QED) is 0.665. The van der Waals surface area contributed by atoms with E-state index in [2.05, 4.69) is 10.6 Å². The molecule has 0 saturated heterocycles. The molecule has 3 amide bonds. The van der Waals surface area contributed by atoms with Crippen molar-refractivity contribution in [2.24, 2.45) is 5.92 Å². The topological polar surface area (TPSA) is 78.5 Å². The maximum absolute atomic E-state index is 13.1. The number of hydrogen-bond acceptors (Lipinski definition) is 3. The summed E-state index contributed by atoms with van der Waals surface area (Å²) in [5, 5.41) is 5.70. The number of benzene rings is 2. The summed E-state index contributed by atoms with van der Waals surface area (Å²) in [6.07, 6.45) is 1.12. The lowest BCUT2D eigenvalue weighted by molar-refractivity contribution is -0.137. The first-order valence-corrected chi connectivity index (χ1v) is 10.3. The molecule has 0 radical (unpaired) electrons. The van der Waals surface area contributed by atoms with Gasteiger partial charge < -0.3 is 15.5 Å². The predicted molar refractivity (Wildman–Crippen MR) is 119 cm³/mol. The summed E-state index contributed by atoms with van der Waals surface area (Å²) >= 11 is 0. The van der Waals surface area contributed by atoms with Crippen LogP contribution in [0, 0.1) is 5.92 Å². The van der Waals surface area contributed by atoms with Crippen LogP contribution in [0.5, 0.6) is 0 Å². The molecule has 0 saturated carbocycles. The number of aryl methyl sites for hydroxylation is 1. The van der Waals surface area contributed by atoms with E-state index in [1.807, 2.05) is 63.2 Å². The van der Waals surface area contributed by atoms with Gasteiger partial charge in [-0.3, -0.25) is 14.4 Å². The standard InChI is InChI=1S/C24H31N3O3/c1-5-18-11-9-10-14-20(18)25-22(29)16-27(4)24(30)23(19-12-7-6-8-13-19)26-21(28)15-17(2)3/h6-14,17,23H,5,15-16H2,1-4H3,(H,25,29)(H,26,28). The molecule has 0 heterocycles. The summed E-state index contributed by atoms with van der Waals surface area (Å²) in [6.45, 7) is 5.80. The molecule has 0 aliphatic rings. The number of nitrogens with zero attached hydrogens (tertiary/aromatic N) is 1. The smallest absolute Gasteiger partial charge is 0.250 e. The van der Waals surface area contributed by atoms with E-state index < -0.39 is 6.04 Å². The summed E-state index contributed by atoms with van der Waals surface area (Å²) in [6, 6.07) is 15.8. The number of rotatable bonds is 9. The molecule has 2 rings (SSSR count). The highest BCUT2D eigenvalue weighted by Gasteiger charge is 2.27. The first-order valence-electron chi connectivity index (χ1n) is 10.3. The molecule has 6 nitrogen and oxygen atoms in total. The number of likely N-dealkylation sites (N-methyl/N-ethyl adjacent to an activating group) is 1. The van der Waals surface area contributed by atoms with Crippen molar-refractivity contribution in [2.75, 3.05) is 18.9 Å². The normalized spacial score (nSPS) is 11.6. The molecule has 30 heavy (non-hydrogen) atoms. The molecular formula is C24H31N3O3. The van der Waals surface area contributed by atoms with E-state index in [9.17, 15) is 14.4 Å². The van der Waals surface area contributed by atoms with Gasteiger partial charge in [0, 0.05) is 19.2 Å². The van der Waals surface area contributed by atoms with Crippen molar-refractivity contribution in [1.29, 1.82) is 0 Å². The fourth-order valence-corrected chi connectivity index (χ4v) is 3.18. The highest BCUT2D eigenvalue weighted by atomic mass is 16.2. The Morgan fingerprint density at radius 2 is 1.57 bits per heavy atom. The number of carbonyl (C=O) groups is 3. The van der Waals surface area contributed by atoms with Crippen LogP contribution < -0.4 is 10.6 Å². The lowest BCUT2D eigenvalue weighted by Gasteiger charge is -2.25. The van der Waals surface area contributed by atoms with Crippen LogP contribution in [0.2, 0.25) is 0 Å². The van der Waals surface area contributed by atoms with Gasteiger partial charge in [0.25, 0.3) is 0 Å². The summed E-state index contributed by atoms with van der Waals surface area (Å²) in [4.78, 5) is 39.3. The molecule has 0 fully saturated rings. The lowest BCUT2D eigenvalue weighted by atomic mass is 10.0. The molecule has 0 bridgehead atoms. The molecule has 0 aliphatic heterocycles. The van der Waals surface area contributed by atoms with Crippen LogP contribution in [0.3, 0.4) is 0 Å². The van der Waals surface area contributed by atoms with E-state index in [-0.39, 0.29) is 30.2 Å². The number of amides is 3. The van der Waals surface area contributed by atoms with Gasteiger partial charge >= 0.3 is 0 Å². The average Bonchev–Trinajstić information content (AvgIpc) is 2.72. The lowest BCUT2D eigenvalue weighted by Crippen LogP contribution is -2.44. The van der Waals surface area contributed by atoms with E-state index in [0.29, 0.717) is 12.0 Å². The van der Waals surface area contributed by atoms with Gasteiger partial charge in [-0.05, 0) is 29.5 Å². The number of carbonyl (C=O) groups excluding carboxylic acids is 3. The molecule has 2 N–H and O–H groups in total. The highest BCUT2D eigenvalue weighted by molar-refractivity contribution is 5.96. The molecule has 2 aromatic rings. The van der Waals surface area contributed by atoms with E-state index in [4.69, 9.17) is 0 Å². The molecule has 1 atom stereocenters. The molecule has 0 aromatic heterocycles. The second-order valence-electron chi connectivity index (χ2n) is 7.76. The van der Waals surface area contributed by atoms with Gasteiger partial charge in [0.15, 0.2) is 0 Å². The average molecular weight is 410 g/mol. The maximum Gasteiger partial charge on any atom is 0.250 e. The zero-order chi connectivity index (χ0) is 22.1. The SMILES string of the molecule is CCc1ccccc1NC(=O)CN(C)C(=O)C(NC(=O)CC(C)C)c1ccccc1. The minimum atomic E-state index is -0.835. The van der Waals surface area contributed by atoms with Gasteiger partial charge in [-0.2, -0.15) is 0 Å². The summed E-state index contributed by atoms with van der Waals surface area (Å²) in [5.41, 5.74) is 2.46. The van der Waals surface area contributed by atoms with Gasteiger partial charge in [-0.15, -0.1) is 0 Å². The number of para-hydroxylation sites is 1. The van der Waals surface area contributed by atoms with Gasteiger partial charge in [-0.1, -0.05) is 69.3 Å². The summed E-state index contributed by atoms with van der Waals surface area (Å²) in [5.74, 6) is -0.634. The van der Waals surface area contributed by atoms with Crippen LogP contribution in [0.25, 0.3) is 0 Å². The van der Waals surface area contributed by atoms with Crippen molar-refractivity contribution in [2.45, 2.75) is 39.7 Å². The summed E-state index contributed by atoms with van der Waals surface area (Å²) in [7, 11) is 1.57. The second-order valence-corrected chi connectivity index (χ2v) is 7.76. The Morgan fingerprint density at radius 1 is 0.933 bits per heavy atom. The van der Waals surface area contributed by atoms with Crippen molar-refractivity contribution >= 4 is 23.4 Å². The fraction of sp³-hybridized carbons (Fsp3) is 0.375. The van der Waals surface area contributed by atoms with E-state index in [1.54, 1.807) is 19.2 Å². The Morgan fingerprint density at radius 3 is 2.20 bits per heavy atom. The zero-order valence-corrected chi connectivity index (χ0v) is 18.1. The Balaban J connectivity index is 2.10. The van der Waals surface area contributed by atoms with Crippen LogP contribution in [-0.4, -0.2) is 36.2 Å². The van der Waals surface area contributed by atoms with E-state index in [1.165, 1.54) is 4.90 Å². The maximum atomic E-state index is 13.1. The highest BCUT2D eigenvalue weighted by Crippen LogP contribution is 2.18. The van der Waals surface area contributed by atoms with Crippen LogP contribution in [0.15, 0.2) is 54.6 Å². The minimum Gasteiger partial charge on any atom is -0.341 e. The minimum absolute atomic E-state index is 0.111. The van der Waals surface area contributed by atoms with Gasteiger partial charge in [-0.25, -0.2) is 0 Å². The van der Waals surface area contributed by atoms with Gasteiger partial charge in [0.2, 0.25) is 17.7 Å². The van der Waals surface area contributed by atoms with Crippen LogP contribution in [-0.2, 0) is 20.8 Å². The largest absolute Gasteiger partial charge is 0.341 e. The second kappa shape index (κ2) is 11.1. The van der Waals surface area contributed by atoms with Crippen LogP contribution in [0.4, 0.5) is 5.69 Å². The molecule has 6 heteroatoms. The number of anilines is 1. The Bertz CT molecular complexity index is 865. The van der Waals surface area contributed by atoms with Crippen LogP contribution >= 0.6 is 0 Å². The molecule has 2 aromatic carbocycles. The Labute approximate surface area is 178 Å². The predicted octanol–water partition coefficient (Wildman–Crippen LogP) is 3.55. The van der Waals surface area contributed by atoms with Crippen LogP contribution in [0.1, 0.15) is 44.4 Å². The molecule has 0 spiro atoms. The van der Waals surface area contributed by atoms with Crippen molar-refractivity contribution in [3.8, 4) is 0 Å². The Hall–Kier alpha value is -3.15. The number of hydrogen-bond donors (Lipinski definition) is 2. The van der Waals surface area contributed by atoms with Crippen molar-refractivity contribution in [1.82, 2.24) is 10.2 Å². The molecule has 1 unspecified atom stereocenters. The number of nitrogens with one attached hydrogen (secondary N) is 2. The van der Waals surface area contributed by atoms with Gasteiger partial charge in [0.1, 0.15) is 6.04 Å². The Kier molecular flexibility index (Phi) is 8.59. The zero-order valence-electron chi connectivity index (χ0n) is 18.1. The van der Waals surface area contributed by atoms with Gasteiger partial charge in [0.05, 0.1) is 6.54 Å². The van der Waals surface area contributed by atoms with E-state index in [0.717, 1.165) is 17.7 Å². The monoisotopic (exact) mass is 409 g/mol. The third-order valence-electron chi connectivity index (χ3n) is 4.71. The molecule has 160 valence electrons. The van der Waals surface area contributed by atoms with Crippen molar-refractivity contribution in [3.63, 3.8) is 0 Å². The fourth-order valence-electron chi connectivity index (χ4n) is 3.18.